The highest BCUT2D eigenvalue weighted by molar-refractivity contribution is 9.10. The van der Waals surface area contributed by atoms with Crippen molar-refractivity contribution < 1.29 is 14.7 Å². The van der Waals surface area contributed by atoms with Crippen molar-refractivity contribution >= 4 is 33.4 Å². The Hall–Kier alpha value is -2.14. The van der Waals surface area contributed by atoms with Crippen molar-refractivity contribution in [2.75, 3.05) is 5.73 Å². The average molecular weight is 320 g/mol. The minimum absolute atomic E-state index is 0.0956. The largest absolute Gasteiger partial charge is 0.478 e. The van der Waals surface area contributed by atoms with Gasteiger partial charge in [0.05, 0.1) is 5.56 Å². The topological polar surface area (TPSA) is 80.4 Å². The van der Waals surface area contributed by atoms with E-state index >= 15 is 0 Å². The van der Waals surface area contributed by atoms with Crippen LogP contribution < -0.4 is 5.73 Å². The molecule has 4 nitrogen and oxygen atoms in total. The number of hydrogen-bond acceptors (Lipinski definition) is 3. The molecule has 0 saturated carbocycles. The minimum Gasteiger partial charge on any atom is -0.478 e. The normalized spacial score (nSPS) is 10.2. The van der Waals surface area contributed by atoms with Gasteiger partial charge in [-0.2, -0.15) is 0 Å². The van der Waals surface area contributed by atoms with Gasteiger partial charge in [0.1, 0.15) is 0 Å². The van der Waals surface area contributed by atoms with Gasteiger partial charge >= 0.3 is 5.97 Å². The Balaban J connectivity index is 2.56. The third-order valence-corrected chi connectivity index (χ3v) is 3.49. The Morgan fingerprint density at radius 2 is 1.68 bits per heavy atom. The first-order valence-corrected chi connectivity index (χ1v) is 6.22. The fourth-order valence-corrected chi connectivity index (χ4v) is 2.44. The number of anilines is 1. The quantitative estimate of drug-likeness (QED) is 0.673. The zero-order chi connectivity index (χ0) is 14.0. The lowest BCUT2D eigenvalue weighted by molar-refractivity contribution is 0.0697. The molecule has 0 spiro atoms. The number of carbonyl (C=O) groups is 2. The maximum Gasteiger partial charge on any atom is 0.338 e. The van der Waals surface area contributed by atoms with E-state index in [1.54, 1.807) is 30.3 Å². The van der Waals surface area contributed by atoms with Crippen molar-refractivity contribution in [3.8, 4) is 0 Å². The molecule has 0 atom stereocenters. The molecule has 0 aliphatic heterocycles. The number of benzene rings is 2. The summed E-state index contributed by atoms with van der Waals surface area (Å²) in [6.07, 6.45) is 0. The Morgan fingerprint density at radius 3 is 2.26 bits per heavy atom. The van der Waals surface area contributed by atoms with Crippen molar-refractivity contribution in [3.05, 3.63) is 63.6 Å². The van der Waals surface area contributed by atoms with E-state index in [-0.39, 0.29) is 27.1 Å². The van der Waals surface area contributed by atoms with E-state index < -0.39 is 5.97 Å². The predicted octanol–water partition coefficient (Wildman–Crippen LogP) is 2.96. The lowest BCUT2D eigenvalue weighted by Gasteiger charge is -2.09. The molecule has 0 amide bonds. The summed E-state index contributed by atoms with van der Waals surface area (Å²) >= 11 is 3.15. The zero-order valence-corrected chi connectivity index (χ0v) is 11.3. The average Bonchev–Trinajstić information content (AvgIpc) is 2.39. The van der Waals surface area contributed by atoms with Crippen LogP contribution >= 0.6 is 15.9 Å². The molecule has 0 aliphatic rings. The first kappa shape index (κ1) is 13.3. The highest BCUT2D eigenvalue weighted by atomic mass is 79.9. The van der Waals surface area contributed by atoms with Gasteiger partial charge < -0.3 is 10.8 Å². The van der Waals surface area contributed by atoms with Gasteiger partial charge in [-0.3, -0.25) is 4.79 Å². The van der Waals surface area contributed by atoms with Crippen molar-refractivity contribution in [1.29, 1.82) is 0 Å². The van der Waals surface area contributed by atoms with Gasteiger partial charge in [-0.15, -0.1) is 0 Å². The van der Waals surface area contributed by atoms with E-state index in [1.807, 2.05) is 0 Å². The maximum atomic E-state index is 12.3. The summed E-state index contributed by atoms with van der Waals surface area (Å²) in [5.74, 6) is -1.43. The summed E-state index contributed by atoms with van der Waals surface area (Å²) in [5, 5.41) is 9.10. The molecule has 2 aromatic rings. The maximum absolute atomic E-state index is 12.3. The summed E-state index contributed by atoms with van der Waals surface area (Å²) in [6, 6.07) is 11.6. The van der Waals surface area contributed by atoms with E-state index in [0.29, 0.717) is 5.56 Å². The van der Waals surface area contributed by atoms with Gasteiger partial charge in [-0.1, -0.05) is 30.3 Å². The first-order valence-electron chi connectivity index (χ1n) is 5.43. The number of ketones is 1. The zero-order valence-electron chi connectivity index (χ0n) is 9.76. The molecule has 0 heterocycles. The third kappa shape index (κ3) is 2.51. The molecule has 0 aliphatic carbocycles. The second-order valence-corrected chi connectivity index (χ2v) is 4.68. The van der Waals surface area contributed by atoms with E-state index in [4.69, 9.17) is 10.8 Å². The fourth-order valence-electron chi connectivity index (χ4n) is 1.73. The van der Waals surface area contributed by atoms with Crippen LogP contribution in [-0.4, -0.2) is 16.9 Å². The summed E-state index contributed by atoms with van der Waals surface area (Å²) in [7, 11) is 0. The number of rotatable bonds is 3. The summed E-state index contributed by atoms with van der Waals surface area (Å²) in [6.45, 7) is 0. The number of carboxylic acid groups (broad SMARTS) is 1. The standard InChI is InChI=1S/C14H10BrNO3/c15-12-9(6-7-10(16)11(12)14(18)19)13(17)8-4-2-1-3-5-8/h1-7H,16H2,(H,18,19). The molecule has 0 saturated heterocycles. The second-order valence-electron chi connectivity index (χ2n) is 3.89. The van der Waals surface area contributed by atoms with Crippen LogP contribution in [0.25, 0.3) is 0 Å². The molecule has 96 valence electrons. The van der Waals surface area contributed by atoms with Gasteiger partial charge in [0.25, 0.3) is 0 Å². The number of hydrogen-bond donors (Lipinski definition) is 2. The summed E-state index contributed by atoms with van der Waals surface area (Å²) in [5.41, 5.74) is 6.39. The smallest absolute Gasteiger partial charge is 0.338 e. The third-order valence-electron chi connectivity index (χ3n) is 2.67. The molecule has 3 N–H and O–H groups in total. The van der Waals surface area contributed by atoms with Crippen LogP contribution in [0.3, 0.4) is 0 Å². The van der Waals surface area contributed by atoms with Gasteiger partial charge in [0.15, 0.2) is 5.78 Å². The number of nitrogens with two attached hydrogens (primary N) is 1. The molecule has 0 radical (unpaired) electrons. The van der Waals surface area contributed by atoms with Gasteiger partial charge in [0, 0.05) is 21.3 Å². The molecule has 0 unspecified atom stereocenters. The molecule has 19 heavy (non-hydrogen) atoms. The van der Waals surface area contributed by atoms with Crippen molar-refractivity contribution in [2.24, 2.45) is 0 Å². The monoisotopic (exact) mass is 319 g/mol. The fraction of sp³-hybridized carbons (Fsp3) is 0. The summed E-state index contributed by atoms with van der Waals surface area (Å²) in [4.78, 5) is 23.4. The van der Waals surface area contributed by atoms with Crippen molar-refractivity contribution in [2.45, 2.75) is 0 Å². The molecular weight excluding hydrogens is 310 g/mol. The van der Waals surface area contributed by atoms with Crippen LogP contribution in [-0.2, 0) is 0 Å². The van der Waals surface area contributed by atoms with Crippen molar-refractivity contribution in [3.63, 3.8) is 0 Å². The Morgan fingerprint density at radius 1 is 1.05 bits per heavy atom. The van der Waals surface area contributed by atoms with Crippen LogP contribution in [0.5, 0.6) is 0 Å². The molecule has 0 aromatic heterocycles. The number of aromatic carboxylic acids is 1. The highest BCUT2D eigenvalue weighted by Crippen LogP contribution is 2.28. The van der Waals surface area contributed by atoms with Crippen LogP contribution in [0, 0.1) is 0 Å². The Kier molecular flexibility index (Phi) is 3.66. The van der Waals surface area contributed by atoms with Crippen molar-refractivity contribution in [1.82, 2.24) is 0 Å². The lowest BCUT2D eigenvalue weighted by atomic mass is 10.0. The molecule has 0 bridgehead atoms. The molecule has 2 rings (SSSR count). The highest BCUT2D eigenvalue weighted by Gasteiger charge is 2.20. The van der Waals surface area contributed by atoms with E-state index in [1.165, 1.54) is 12.1 Å². The SMILES string of the molecule is Nc1ccc(C(=O)c2ccccc2)c(Br)c1C(=O)O. The van der Waals surface area contributed by atoms with Crippen LogP contribution in [0.4, 0.5) is 5.69 Å². The number of carboxylic acids is 1. The minimum atomic E-state index is -1.17. The Bertz CT molecular complexity index is 653. The van der Waals surface area contributed by atoms with Gasteiger partial charge in [-0.05, 0) is 28.1 Å². The van der Waals surface area contributed by atoms with E-state index in [9.17, 15) is 9.59 Å². The summed E-state index contributed by atoms with van der Waals surface area (Å²) < 4.78 is 0.203. The van der Waals surface area contributed by atoms with E-state index in [0.717, 1.165) is 0 Å². The lowest BCUT2D eigenvalue weighted by Crippen LogP contribution is -2.09. The molecule has 0 fully saturated rings. The number of carbonyl (C=O) groups excluding carboxylic acids is 1. The van der Waals surface area contributed by atoms with E-state index in [2.05, 4.69) is 15.9 Å². The number of nitrogen functional groups attached to an aromatic ring is 1. The van der Waals surface area contributed by atoms with Gasteiger partial charge in [-0.25, -0.2) is 4.79 Å². The number of halogens is 1. The predicted molar refractivity (Wildman–Crippen MR) is 75.4 cm³/mol. The second kappa shape index (κ2) is 5.24. The Labute approximate surface area is 118 Å². The van der Waals surface area contributed by atoms with Crippen LogP contribution in [0.15, 0.2) is 46.9 Å². The van der Waals surface area contributed by atoms with Gasteiger partial charge in [0.2, 0.25) is 0 Å². The first-order chi connectivity index (χ1) is 9.02. The molecular formula is C14H10BrNO3. The molecule has 5 heteroatoms. The van der Waals surface area contributed by atoms with Crippen LogP contribution in [0.1, 0.15) is 26.3 Å². The molecule has 2 aromatic carbocycles. The van der Waals surface area contributed by atoms with Crippen LogP contribution in [0.2, 0.25) is 0 Å².